The van der Waals surface area contributed by atoms with Gasteiger partial charge in [0.1, 0.15) is 0 Å². The number of rotatable bonds is 4. The summed E-state index contributed by atoms with van der Waals surface area (Å²) in [6, 6.07) is 9.61. The minimum atomic E-state index is -0.647. The number of nitrogens with two attached hydrogens (primary N) is 1. The molecule has 0 aliphatic rings. The van der Waals surface area contributed by atoms with E-state index < -0.39 is 11.9 Å². The van der Waals surface area contributed by atoms with Crippen LogP contribution in [0.5, 0.6) is 0 Å². The maximum Gasteiger partial charge on any atom is 0.333 e. The maximum atomic E-state index is 11.1. The Bertz CT molecular complexity index is 532. The second-order valence-electron chi connectivity index (χ2n) is 6.57. The van der Waals surface area contributed by atoms with Crippen molar-refractivity contribution in [1.82, 2.24) is 16.2 Å². The summed E-state index contributed by atoms with van der Waals surface area (Å²) in [7, 11) is 0. The van der Waals surface area contributed by atoms with E-state index in [0.717, 1.165) is 5.92 Å². The summed E-state index contributed by atoms with van der Waals surface area (Å²) >= 11 is 0. The van der Waals surface area contributed by atoms with Crippen LogP contribution < -0.4 is 21.9 Å². The molecule has 5 N–H and O–H groups in total. The van der Waals surface area contributed by atoms with E-state index in [0.29, 0.717) is 0 Å². The molecule has 0 bridgehead atoms. The Morgan fingerprint density at radius 3 is 1.75 bits per heavy atom. The van der Waals surface area contributed by atoms with Gasteiger partial charge in [-0.05, 0) is 12.8 Å². The number of hydrogen-bond acceptors (Lipinski definition) is 4. The second kappa shape index (κ2) is 20.9. The molecule has 0 heterocycles. The van der Waals surface area contributed by atoms with Crippen molar-refractivity contribution in [3.63, 3.8) is 0 Å². The van der Waals surface area contributed by atoms with Crippen LogP contribution in [0.25, 0.3) is 0 Å². The van der Waals surface area contributed by atoms with Crippen molar-refractivity contribution in [2.45, 2.75) is 55.4 Å². The van der Waals surface area contributed by atoms with Gasteiger partial charge in [-0.3, -0.25) is 15.0 Å². The van der Waals surface area contributed by atoms with Gasteiger partial charge in [0.2, 0.25) is 0 Å². The SMILES string of the molecule is CC.CC(C)C.CC(C)C(=O)CNC(=O)NNC(=O)CN.Cc1ccccc1.[HH].[HH].[HH].[HH]. The number of amides is 3. The molecule has 0 radical (unpaired) electrons. The molecule has 1 aromatic carbocycles. The number of aryl methyl sites for hydroxylation is 1. The van der Waals surface area contributed by atoms with Gasteiger partial charge in [0.05, 0.1) is 13.1 Å². The average Bonchev–Trinajstić information content (AvgIpc) is 2.66. The highest BCUT2D eigenvalue weighted by Gasteiger charge is 2.08. The molecule has 28 heavy (non-hydrogen) atoms. The summed E-state index contributed by atoms with van der Waals surface area (Å²) in [4.78, 5) is 32.7. The summed E-state index contributed by atoms with van der Waals surface area (Å²) in [5.74, 6) is 0.0968. The molecular formula is C21H48N4O3. The van der Waals surface area contributed by atoms with Crippen LogP contribution >= 0.6 is 0 Å². The van der Waals surface area contributed by atoms with Gasteiger partial charge in [-0.2, -0.15) is 0 Å². The molecule has 7 heteroatoms. The highest BCUT2D eigenvalue weighted by atomic mass is 16.2. The molecule has 1 rings (SSSR count). The van der Waals surface area contributed by atoms with Crippen molar-refractivity contribution < 1.29 is 20.1 Å². The Kier molecular flexibility index (Phi) is 22.6. The molecule has 0 spiro atoms. The van der Waals surface area contributed by atoms with Crippen molar-refractivity contribution in [2.75, 3.05) is 13.1 Å². The molecule has 3 amide bonds. The van der Waals surface area contributed by atoms with Gasteiger partial charge in [0.25, 0.3) is 5.91 Å². The molecule has 0 atom stereocenters. The zero-order valence-electron chi connectivity index (χ0n) is 18.8. The van der Waals surface area contributed by atoms with E-state index >= 15 is 0 Å². The first-order valence-corrected chi connectivity index (χ1v) is 9.67. The number of nitrogens with one attached hydrogen (secondary N) is 3. The van der Waals surface area contributed by atoms with Crippen molar-refractivity contribution in [3.8, 4) is 0 Å². The normalized spacial score (nSPS) is 8.82. The molecule has 0 aliphatic carbocycles. The van der Waals surface area contributed by atoms with Crippen LogP contribution in [-0.4, -0.2) is 30.8 Å². The monoisotopic (exact) mass is 404 g/mol. The third-order valence-electron chi connectivity index (χ3n) is 2.51. The standard InChI is InChI=1S/C8H16N4O3.C7H8.C4H10.C2H6.4H2/c1-5(2)6(13)4-10-8(15)12-11-7(14)3-9;1-7-5-3-2-4-6-7;1-4(2)3;1-2;;;;/h5H,3-4,9H2,1-2H3,(H,11,14)(H2,10,12,15);2-6H,1H3;4H,1-3H3;1-2H3;4*1H. The first kappa shape index (κ1) is 30.3. The number of Topliss-reactive ketones (excluding diaryl/α,β-unsaturated/α-hetero) is 1. The number of urea groups is 1. The Labute approximate surface area is 176 Å². The van der Waals surface area contributed by atoms with Gasteiger partial charge in [0, 0.05) is 11.6 Å². The summed E-state index contributed by atoms with van der Waals surface area (Å²) in [6.07, 6.45) is 0. The fourth-order valence-electron chi connectivity index (χ4n) is 1.13. The van der Waals surface area contributed by atoms with Crippen molar-refractivity contribution in [3.05, 3.63) is 35.9 Å². The predicted molar refractivity (Wildman–Crippen MR) is 125 cm³/mol. The van der Waals surface area contributed by atoms with E-state index in [-0.39, 0.29) is 30.5 Å². The van der Waals surface area contributed by atoms with E-state index in [4.69, 9.17) is 5.73 Å². The topological polar surface area (TPSA) is 113 Å². The van der Waals surface area contributed by atoms with Gasteiger partial charge < -0.3 is 11.1 Å². The average molecular weight is 405 g/mol. The molecule has 1 aromatic rings. The fraction of sp³-hybridized carbons (Fsp3) is 0.571. The smallest absolute Gasteiger partial charge is 0.330 e. The summed E-state index contributed by atoms with van der Waals surface area (Å²) in [5.41, 5.74) is 10.4. The van der Waals surface area contributed by atoms with Gasteiger partial charge in [-0.1, -0.05) is 84.4 Å². The molecule has 7 nitrogen and oxygen atoms in total. The zero-order chi connectivity index (χ0) is 22.5. The lowest BCUT2D eigenvalue weighted by Gasteiger charge is -2.08. The van der Waals surface area contributed by atoms with Crippen molar-refractivity contribution in [1.29, 1.82) is 0 Å². The van der Waals surface area contributed by atoms with Crippen LogP contribution in [0, 0.1) is 18.8 Å². The Morgan fingerprint density at radius 2 is 1.43 bits per heavy atom. The molecule has 170 valence electrons. The lowest BCUT2D eigenvalue weighted by atomic mass is 10.1. The lowest BCUT2D eigenvalue weighted by molar-refractivity contribution is -0.121. The summed E-state index contributed by atoms with van der Waals surface area (Å²) in [6.45, 7) is 15.8. The van der Waals surface area contributed by atoms with E-state index in [1.807, 2.05) is 42.9 Å². The molecular weight excluding hydrogens is 356 g/mol. The minimum Gasteiger partial charge on any atom is -0.330 e. The number of hydrogen-bond donors (Lipinski definition) is 4. The van der Waals surface area contributed by atoms with Gasteiger partial charge >= 0.3 is 6.03 Å². The van der Waals surface area contributed by atoms with Crippen LogP contribution in [0.3, 0.4) is 0 Å². The maximum absolute atomic E-state index is 11.1. The van der Waals surface area contributed by atoms with Gasteiger partial charge in [-0.25, -0.2) is 10.2 Å². The molecule has 0 fully saturated rings. The van der Waals surface area contributed by atoms with Gasteiger partial charge in [-0.15, -0.1) is 0 Å². The summed E-state index contributed by atoms with van der Waals surface area (Å²) < 4.78 is 0. The summed E-state index contributed by atoms with van der Waals surface area (Å²) in [5, 5.41) is 2.29. The van der Waals surface area contributed by atoms with Crippen molar-refractivity contribution >= 4 is 17.7 Å². The number of carbonyl (C=O) groups is 3. The molecule has 0 aliphatic heterocycles. The first-order chi connectivity index (χ1) is 13.1. The predicted octanol–water partition coefficient (Wildman–Crippen LogP) is 4.17. The lowest BCUT2D eigenvalue weighted by Crippen LogP contribution is -2.49. The van der Waals surface area contributed by atoms with E-state index in [2.05, 4.69) is 45.1 Å². The first-order valence-electron chi connectivity index (χ1n) is 9.67. The molecule has 0 aromatic heterocycles. The molecule has 0 unspecified atom stereocenters. The van der Waals surface area contributed by atoms with E-state index in [1.54, 1.807) is 13.8 Å². The number of hydrazine groups is 1. The Hall–Kier alpha value is -2.41. The number of benzene rings is 1. The third-order valence-corrected chi connectivity index (χ3v) is 2.51. The van der Waals surface area contributed by atoms with E-state index in [9.17, 15) is 14.4 Å². The fourth-order valence-corrected chi connectivity index (χ4v) is 1.13. The van der Waals surface area contributed by atoms with Crippen LogP contribution in [0.1, 0.15) is 59.7 Å². The van der Waals surface area contributed by atoms with Crippen molar-refractivity contribution in [2.24, 2.45) is 17.6 Å². The van der Waals surface area contributed by atoms with Crippen LogP contribution in [0.15, 0.2) is 30.3 Å². The van der Waals surface area contributed by atoms with E-state index in [1.165, 1.54) is 5.56 Å². The van der Waals surface area contributed by atoms with Crippen LogP contribution in [0.4, 0.5) is 4.79 Å². The second-order valence-corrected chi connectivity index (χ2v) is 6.57. The zero-order valence-corrected chi connectivity index (χ0v) is 18.8. The quantitative estimate of drug-likeness (QED) is 0.564. The highest BCUT2D eigenvalue weighted by molar-refractivity contribution is 5.87. The largest absolute Gasteiger partial charge is 0.333 e. The number of carbonyl (C=O) groups excluding carboxylic acids is 3. The third kappa shape index (κ3) is 25.8. The highest BCUT2D eigenvalue weighted by Crippen LogP contribution is 1.92. The van der Waals surface area contributed by atoms with Crippen LogP contribution in [0.2, 0.25) is 0 Å². The van der Waals surface area contributed by atoms with Gasteiger partial charge in [0.15, 0.2) is 5.78 Å². The Morgan fingerprint density at radius 1 is 0.964 bits per heavy atom. The molecule has 0 saturated carbocycles. The molecule has 0 saturated heterocycles. The van der Waals surface area contributed by atoms with Crippen LogP contribution in [-0.2, 0) is 9.59 Å². The minimum absolute atomic E-state index is 0. The number of ketones is 1. The Balaban J connectivity index is -0.0000000622.